The Labute approximate surface area is 157 Å². The molecular formula is C25H29N. The van der Waals surface area contributed by atoms with Gasteiger partial charge in [0.15, 0.2) is 0 Å². The zero-order valence-electron chi connectivity index (χ0n) is 16.1. The van der Waals surface area contributed by atoms with Crippen LogP contribution in [0.15, 0.2) is 48.1 Å². The van der Waals surface area contributed by atoms with E-state index in [0.29, 0.717) is 5.41 Å². The minimum absolute atomic E-state index is 0.414. The van der Waals surface area contributed by atoms with Crippen molar-refractivity contribution in [3.05, 3.63) is 59.2 Å². The quantitative estimate of drug-likeness (QED) is 0.570. The van der Waals surface area contributed by atoms with Gasteiger partial charge in [-0.25, -0.2) is 0 Å². The molecule has 5 rings (SSSR count). The van der Waals surface area contributed by atoms with Crippen molar-refractivity contribution in [2.24, 2.45) is 5.41 Å². The summed E-state index contributed by atoms with van der Waals surface area (Å²) >= 11 is 0. The van der Waals surface area contributed by atoms with Crippen LogP contribution in [0.25, 0.3) is 16.3 Å². The summed E-state index contributed by atoms with van der Waals surface area (Å²) in [5.41, 5.74) is 8.17. The van der Waals surface area contributed by atoms with Gasteiger partial charge in [-0.3, -0.25) is 0 Å². The topological polar surface area (TPSA) is 3.24 Å². The Morgan fingerprint density at radius 2 is 1.92 bits per heavy atom. The lowest BCUT2D eigenvalue weighted by Gasteiger charge is -2.40. The Morgan fingerprint density at radius 1 is 1.00 bits per heavy atom. The number of hydrogen-bond donors (Lipinski definition) is 0. The van der Waals surface area contributed by atoms with Gasteiger partial charge < -0.3 is 4.90 Å². The fourth-order valence-electron chi connectivity index (χ4n) is 5.37. The van der Waals surface area contributed by atoms with Gasteiger partial charge in [0.1, 0.15) is 0 Å². The maximum atomic E-state index is 2.66. The molecule has 0 atom stereocenters. The summed E-state index contributed by atoms with van der Waals surface area (Å²) in [5.74, 6) is 0. The summed E-state index contributed by atoms with van der Waals surface area (Å²) in [4.78, 5) is 2.66. The predicted octanol–water partition coefficient (Wildman–Crippen LogP) is 6.52. The van der Waals surface area contributed by atoms with Crippen molar-refractivity contribution in [3.8, 4) is 0 Å². The third-order valence-corrected chi connectivity index (χ3v) is 6.62. The third kappa shape index (κ3) is 2.60. The van der Waals surface area contributed by atoms with Crippen LogP contribution in [-0.2, 0) is 6.42 Å². The second-order valence-electron chi connectivity index (χ2n) is 9.11. The van der Waals surface area contributed by atoms with Crippen LogP contribution in [-0.4, -0.2) is 13.1 Å². The molecule has 0 N–H and O–H groups in total. The Hall–Kier alpha value is -2.02. The fourth-order valence-corrected chi connectivity index (χ4v) is 5.37. The first-order chi connectivity index (χ1) is 12.6. The first-order valence-corrected chi connectivity index (χ1v) is 10.3. The molecule has 0 spiro atoms. The van der Waals surface area contributed by atoms with Crippen LogP contribution in [0.4, 0.5) is 5.69 Å². The summed E-state index contributed by atoms with van der Waals surface area (Å²) in [6.07, 6.45) is 12.3. The van der Waals surface area contributed by atoms with Gasteiger partial charge in [-0.1, -0.05) is 55.8 Å². The van der Waals surface area contributed by atoms with Gasteiger partial charge >= 0.3 is 0 Å². The number of allylic oxidation sites excluding steroid dienone is 4. The zero-order valence-corrected chi connectivity index (χ0v) is 16.1. The van der Waals surface area contributed by atoms with E-state index in [4.69, 9.17) is 0 Å². The highest BCUT2D eigenvalue weighted by molar-refractivity contribution is 6.01. The molecule has 0 unspecified atom stereocenters. The standard InChI is InChI=1S/C25H29N/c1-25(2)15-6-16-26(17-25)23-10-5-8-19-12-13-21-20-9-4-3-7-18(20)11-14-22(21)24(19)23/h4-5,8-10,12-13H,3,6-7,11,14-17H2,1-2H3. The van der Waals surface area contributed by atoms with Crippen LogP contribution in [0.2, 0.25) is 0 Å². The lowest BCUT2D eigenvalue weighted by atomic mass is 9.79. The van der Waals surface area contributed by atoms with Crippen molar-refractivity contribution < 1.29 is 0 Å². The molecule has 1 heteroatoms. The average Bonchev–Trinajstić information content (AvgIpc) is 2.66. The summed E-state index contributed by atoms with van der Waals surface area (Å²) in [6.45, 7) is 7.21. The molecule has 1 aliphatic heterocycles. The van der Waals surface area contributed by atoms with E-state index in [2.05, 4.69) is 61.2 Å². The van der Waals surface area contributed by atoms with Crippen molar-refractivity contribution >= 4 is 22.0 Å². The van der Waals surface area contributed by atoms with E-state index in [0.717, 1.165) is 0 Å². The van der Waals surface area contributed by atoms with E-state index in [1.165, 1.54) is 79.2 Å². The number of benzene rings is 2. The molecule has 0 saturated carbocycles. The van der Waals surface area contributed by atoms with Crippen LogP contribution in [0, 0.1) is 5.41 Å². The minimum Gasteiger partial charge on any atom is -0.370 e. The highest BCUT2D eigenvalue weighted by Crippen LogP contribution is 2.43. The van der Waals surface area contributed by atoms with Crippen LogP contribution >= 0.6 is 0 Å². The molecule has 0 bridgehead atoms. The van der Waals surface area contributed by atoms with E-state index in [-0.39, 0.29) is 0 Å². The van der Waals surface area contributed by atoms with E-state index in [1.807, 2.05) is 0 Å². The first kappa shape index (κ1) is 16.2. The van der Waals surface area contributed by atoms with Gasteiger partial charge in [0.05, 0.1) is 0 Å². The molecule has 0 amide bonds. The molecule has 2 aromatic rings. The highest BCUT2D eigenvalue weighted by Gasteiger charge is 2.28. The van der Waals surface area contributed by atoms with Gasteiger partial charge in [-0.2, -0.15) is 0 Å². The molecular weight excluding hydrogens is 314 g/mol. The maximum Gasteiger partial charge on any atom is 0.0449 e. The van der Waals surface area contributed by atoms with Crippen LogP contribution in [0.3, 0.4) is 0 Å². The lowest BCUT2D eigenvalue weighted by Crippen LogP contribution is -2.40. The van der Waals surface area contributed by atoms with Gasteiger partial charge in [0.2, 0.25) is 0 Å². The molecule has 1 saturated heterocycles. The lowest BCUT2D eigenvalue weighted by molar-refractivity contribution is 0.293. The smallest absolute Gasteiger partial charge is 0.0449 e. The summed E-state index contributed by atoms with van der Waals surface area (Å²) in [5, 5.41) is 2.93. The predicted molar refractivity (Wildman–Crippen MR) is 113 cm³/mol. The number of piperidine rings is 1. The van der Waals surface area contributed by atoms with Crippen molar-refractivity contribution in [2.45, 2.75) is 52.4 Å². The second kappa shape index (κ2) is 6.01. The molecule has 0 aromatic heterocycles. The van der Waals surface area contributed by atoms with Crippen LogP contribution in [0.1, 0.15) is 57.1 Å². The largest absolute Gasteiger partial charge is 0.370 e. The van der Waals surface area contributed by atoms with Gasteiger partial charge in [-0.05, 0) is 72.1 Å². The third-order valence-electron chi connectivity index (χ3n) is 6.62. The number of hydrogen-bond acceptors (Lipinski definition) is 1. The Morgan fingerprint density at radius 3 is 2.81 bits per heavy atom. The zero-order chi connectivity index (χ0) is 17.7. The van der Waals surface area contributed by atoms with E-state index in [1.54, 1.807) is 11.1 Å². The van der Waals surface area contributed by atoms with Gasteiger partial charge in [-0.15, -0.1) is 0 Å². The van der Waals surface area contributed by atoms with E-state index < -0.39 is 0 Å². The van der Waals surface area contributed by atoms with E-state index in [9.17, 15) is 0 Å². The molecule has 1 heterocycles. The fraction of sp³-hybridized carbons (Fsp3) is 0.440. The number of nitrogens with zero attached hydrogens (tertiary/aromatic N) is 1. The molecule has 134 valence electrons. The first-order valence-electron chi connectivity index (χ1n) is 10.3. The summed E-state index contributed by atoms with van der Waals surface area (Å²) < 4.78 is 0. The second-order valence-corrected chi connectivity index (χ2v) is 9.11. The van der Waals surface area contributed by atoms with Crippen molar-refractivity contribution in [2.75, 3.05) is 18.0 Å². The van der Waals surface area contributed by atoms with Crippen LogP contribution < -0.4 is 4.90 Å². The number of fused-ring (bicyclic) bond motifs is 4. The van der Waals surface area contributed by atoms with Crippen molar-refractivity contribution in [1.82, 2.24) is 0 Å². The Kier molecular flexibility index (Phi) is 3.74. The Bertz CT molecular complexity index is 929. The molecule has 2 aromatic carbocycles. The molecule has 1 nitrogen and oxygen atoms in total. The molecule has 2 aliphatic carbocycles. The molecule has 3 aliphatic rings. The normalized spacial score (nSPS) is 21.7. The SMILES string of the molecule is CC1(C)CCCN(c2cccc3ccc4c(c23)CCC2=C4C=CCC2)C1. The number of rotatable bonds is 1. The molecule has 0 radical (unpaired) electrons. The summed E-state index contributed by atoms with van der Waals surface area (Å²) in [6, 6.07) is 11.6. The minimum atomic E-state index is 0.414. The molecule has 1 fully saturated rings. The summed E-state index contributed by atoms with van der Waals surface area (Å²) in [7, 11) is 0. The maximum absolute atomic E-state index is 2.66. The monoisotopic (exact) mass is 343 g/mol. The number of aryl methyl sites for hydroxylation is 1. The number of anilines is 1. The van der Waals surface area contributed by atoms with Gasteiger partial charge in [0.25, 0.3) is 0 Å². The van der Waals surface area contributed by atoms with Crippen molar-refractivity contribution in [3.63, 3.8) is 0 Å². The molecule has 26 heavy (non-hydrogen) atoms. The Balaban J connectivity index is 1.69. The van der Waals surface area contributed by atoms with Crippen molar-refractivity contribution in [1.29, 1.82) is 0 Å². The van der Waals surface area contributed by atoms with Crippen LogP contribution in [0.5, 0.6) is 0 Å². The van der Waals surface area contributed by atoms with Gasteiger partial charge in [0, 0.05) is 24.2 Å². The van der Waals surface area contributed by atoms with E-state index >= 15 is 0 Å². The highest BCUT2D eigenvalue weighted by atomic mass is 15.1. The average molecular weight is 344 g/mol.